The van der Waals surface area contributed by atoms with Crippen LogP contribution in [0.25, 0.3) is 0 Å². The van der Waals surface area contributed by atoms with Crippen LogP contribution in [0.4, 0.5) is 0 Å². The molecule has 0 aliphatic carbocycles. The van der Waals surface area contributed by atoms with Gasteiger partial charge in [0.2, 0.25) is 0 Å². The fraction of sp³-hybridized carbons (Fsp3) is 1.00. The van der Waals surface area contributed by atoms with Crippen molar-refractivity contribution in [1.29, 1.82) is 0 Å². The van der Waals surface area contributed by atoms with E-state index < -0.39 is 0 Å². The standard InChI is InChI=1S/C7H15NO/c1-6-7(2)9-5-4-8(6)3/h6-7H,4-5H2,1-3H3/t6-,7+/m1/s1. The van der Waals surface area contributed by atoms with Gasteiger partial charge < -0.3 is 4.74 Å². The number of ether oxygens (including phenoxy) is 1. The van der Waals surface area contributed by atoms with E-state index in [1.54, 1.807) is 0 Å². The Kier molecular flexibility index (Phi) is 2.09. The number of nitrogens with zero attached hydrogens (tertiary/aromatic N) is 1. The van der Waals surface area contributed by atoms with Crippen LogP contribution < -0.4 is 0 Å². The van der Waals surface area contributed by atoms with Gasteiger partial charge in [-0.1, -0.05) is 0 Å². The van der Waals surface area contributed by atoms with Crippen LogP contribution in [0.3, 0.4) is 0 Å². The topological polar surface area (TPSA) is 12.5 Å². The second-order valence-electron chi connectivity index (χ2n) is 2.80. The van der Waals surface area contributed by atoms with Gasteiger partial charge >= 0.3 is 0 Å². The summed E-state index contributed by atoms with van der Waals surface area (Å²) in [6, 6.07) is 0.582. The van der Waals surface area contributed by atoms with Crippen molar-refractivity contribution >= 4 is 0 Å². The quantitative estimate of drug-likeness (QED) is 0.478. The minimum absolute atomic E-state index is 0.406. The second kappa shape index (κ2) is 2.67. The molecule has 9 heavy (non-hydrogen) atoms. The second-order valence-corrected chi connectivity index (χ2v) is 2.80. The minimum Gasteiger partial charge on any atom is -0.376 e. The molecule has 1 heterocycles. The Balaban J connectivity index is 2.41. The van der Waals surface area contributed by atoms with E-state index in [-0.39, 0.29) is 0 Å². The van der Waals surface area contributed by atoms with Gasteiger partial charge in [0.15, 0.2) is 0 Å². The van der Waals surface area contributed by atoms with Crippen LogP contribution in [0.15, 0.2) is 0 Å². The Hall–Kier alpha value is -0.0800. The lowest BCUT2D eigenvalue weighted by atomic mass is 10.1. The molecule has 0 unspecified atom stereocenters. The van der Waals surface area contributed by atoms with Gasteiger partial charge in [-0.25, -0.2) is 0 Å². The number of hydrogen-bond acceptors (Lipinski definition) is 2. The lowest BCUT2D eigenvalue weighted by Crippen LogP contribution is -2.45. The molecule has 0 aromatic carbocycles. The van der Waals surface area contributed by atoms with Crippen molar-refractivity contribution in [1.82, 2.24) is 4.90 Å². The van der Waals surface area contributed by atoms with Crippen LogP contribution in [0.5, 0.6) is 0 Å². The van der Waals surface area contributed by atoms with Crippen LogP contribution >= 0.6 is 0 Å². The number of morpholine rings is 1. The van der Waals surface area contributed by atoms with E-state index in [1.807, 2.05) is 0 Å². The van der Waals surface area contributed by atoms with Crippen molar-refractivity contribution in [2.45, 2.75) is 26.0 Å². The van der Waals surface area contributed by atoms with E-state index in [0.717, 1.165) is 13.2 Å². The Bertz CT molecular complexity index is 84.9. The molecule has 1 rings (SSSR count). The molecule has 2 atom stereocenters. The zero-order valence-electron chi connectivity index (χ0n) is 6.42. The first-order valence-electron chi connectivity index (χ1n) is 3.53. The monoisotopic (exact) mass is 129 g/mol. The molecular formula is C7H15NO. The molecule has 0 aromatic heterocycles. The predicted molar refractivity (Wildman–Crippen MR) is 37.5 cm³/mol. The zero-order valence-corrected chi connectivity index (χ0v) is 6.42. The third-order valence-electron chi connectivity index (χ3n) is 2.20. The summed E-state index contributed by atoms with van der Waals surface area (Å²) in [5.74, 6) is 0. The first-order valence-corrected chi connectivity index (χ1v) is 3.53. The molecule has 1 fully saturated rings. The fourth-order valence-electron chi connectivity index (χ4n) is 1.08. The maximum atomic E-state index is 5.42. The summed E-state index contributed by atoms with van der Waals surface area (Å²) in [6.45, 7) is 6.29. The molecule has 0 saturated carbocycles. The molecule has 0 aromatic rings. The molecule has 2 heteroatoms. The lowest BCUT2D eigenvalue weighted by Gasteiger charge is -2.34. The summed E-state index contributed by atoms with van der Waals surface area (Å²) in [4.78, 5) is 2.33. The van der Waals surface area contributed by atoms with Gasteiger partial charge in [-0.05, 0) is 20.9 Å². The van der Waals surface area contributed by atoms with Crippen LogP contribution in [-0.4, -0.2) is 37.2 Å². The lowest BCUT2D eigenvalue weighted by molar-refractivity contribution is -0.0448. The summed E-state index contributed by atoms with van der Waals surface area (Å²) < 4.78 is 5.42. The maximum absolute atomic E-state index is 5.42. The van der Waals surface area contributed by atoms with Crippen molar-refractivity contribution in [2.75, 3.05) is 20.2 Å². The molecule has 2 nitrogen and oxygen atoms in total. The van der Waals surface area contributed by atoms with Gasteiger partial charge in [-0.2, -0.15) is 0 Å². The highest BCUT2D eigenvalue weighted by Crippen LogP contribution is 2.09. The molecule has 1 aliphatic heterocycles. The summed E-state index contributed by atoms with van der Waals surface area (Å²) in [5, 5.41) is 0. The van der Waals surface area contributed by atoms with Gasteiger partial charge in [-0.15, -0.1) is 0 Å². The highest BCUT2D eigenvalue weighted by atomic mass is 16.5. The van der Waals surface area contributed by atoms with Crippen molar-refractivity contribution in [3.8, 4) is 0 Å². The van der Waals surface area contributed by atoms with Crippen molar-refractivity contribution in [3.05, 3.63) is 0 Å². The molecule has 0 spiro atoms. The van der Waals surface area contributed by atoms with Crippen molar-refractivity contribution in [3.63, 3.8) is 0 Å². The first-order chi connectivity index (χ1) is 4.22. The maximum Gasteiger partial charge on any atom is 0.0699 e. The Morgan fingerprint density at radius 1 is 1.44 bits per heavy atom. The van der Waals surface area contributed by atoms with E-state index in [9.17, 15) is 0 Å². The van der Waals surface area contributed by atoms with Crippen LogP contribution in [0.2, 0.25) is 0 Å². The predicted octanol–water partition coefficient (Wildman–Crippen LogP) is 0.725. The average Bonchev–Trinajstić information content (AvgIpc) is 1.83. The molecular weight excluding hydrogens is 114 g/mol. The fourth-order valence-corrected chi connectivity index (χ4v) is 1.08. The Labute approximate surface area is 56.8 Å². The first kappa shape index (κ1) is 7.03. The number of rotatable bonds is 0. The summed E-state index contributed by atoms with van der Waals surface area (Å²) in [6.07, 6.45) is 0.406. The van der Waals surface area contributed by atoms with E-state index in [2.05, 4.69) is 25.8 Å². The van der Waals surface area contributed by atoms with Crippen LogP contribution in [0, 0.1) is 0 Å². The highest BCUT2D eigenvalue weighted by Gasteiger charge is 2.21. The van der Waals surface area contributed by atoms with Crippen molar-refractivity contribution in [2.24, 2.45) is 0 Å². The normalized spacial score (nSPS) is 39.0. The van der Waals surface area contributed by atoms with Crippen molar-refractivity contribution < 1.29 is 4.74 Å². The molecule has 1 aliphatic rings. The SMILES string of the molecule is C[C@@H]1OCCN(C)[C@@H]1C. The summed E-state index contributed by atoms with van der Waals surface area (Å²) >= 11 is 0. The Morgan fingerprint density at radius 3 is 2.56 bits per heavy atom. The molecule has 0 bridgehead atoms. The van der Waals surface area contributed by atoms with E-state index in [0.29, 0.717) is 12.1 Å². The third kappa shape index (κ3) is 1.43. The van der Waals surface area contributed by atoms with E-state index in [1.165, 1.54) is 0 Å². The summed E-state index contributed by atoms with van der Waals surface area (Å²) in [7, 11) is 2.14. The van der Waals surface area contributed by atoms with Crippen LogP contribution in [-0.2, 0) is 4.74 Å². The van der Waals surface area contributed by atoms with Crippen LogP contribution in [0.1, 0.15) is 13.8 Å². The molecule has 1 saturated heterocycles. The minimum atomic E-state index is 0.406. The number of hydrogen-bond donors (Lipinski definition) is 0. The van der Waals surface area contributed by atoms with Gasteiger partial charge in [0.25, 0.3) is 0 Å². The van der Waals surface area contributed by atoms with Gasteiger partial charge in [-0.3, -0.25) is 4.90 Å². The molecule has 0 N–H and O–H groups in total. The molecule has 0 amide bonds. The third-order valence-corrected chi connectivity index (χ3v) is 2.20. The van der Waals surface area contributed by atoms with E-state index in [4.69, 9.17) is 4.74 Å². The Morgan fingerprint density at radius 2 is 2.11 bits per heavy atom. The highest BCUT2D eigenvalue weighted by molar-refractivity contribution is 4.73. The zero-order chi connectivity index (χ0) is 6.85. The average molecular weight is 129 g/mol. The molecule has 0 radical (unpaired) electrons. The smallest absolute Gasteiger partial charge is 0.0699 e. The van der Waals surface area contributed by atoms with Gasteiger partial charge in [0.05, 0.1) is 12.7 Å². The van der Waals surface area contributed by atoms with Gasteiger partial charge in [0, 0.05) is 12.6 Å². The largest absolute Gasteiger partial charge is 0.376 e. The summed E-state index contributed by atoms with van der Waals surface area (Å²) in [5.41, 5.74) is 0. The number of likely N-dealkylation sites (N-methyl/N-ethyl adjacent to an activating group) is 1. The van der Waals surface area contributed by atoms with E-state index >= 15 is 0 Å². The molecule has 54 valence electrons. The van der Waals surface area contributed by atoms with Gasteiger partial charge in [0.1, 0.15) is 0 Å².